The summed E-state index contributed by atoms with van der Waals surface area (Å²) in [5.41, 5.74) is 6.73. The van der Waals surface area contributed by atoms with E-state index in [1.165, 1.54) is 0 Å². The number of methoxy groups -OCH3 is 2. The van der Waals surface area contributed by atoms with E-state index in [0.717, 1.165) is 23.7 Å². The highest BCUT2D eigenvalue weighted by Crippen LogP contribution is 2.35. The fourth-order valence-corrected chi connectivity index (χ4v) is 1.70. The molecule has 0 radical (unpaired) electrons. The summed E-state index contributed by atoms with van der Waals surface area (Å²) in [5.74, 6) is 1.52. The molecule has 1 aliphatic rings. The zero-order valence-corrected chi connectivity index (χ0v) is 9.06. The molecule has 1 heterocycles. The Kier molecular flexibility index (Phi) is 2.68. The molecule has 0 saturated carbocycles. The van der Waals surface area contributed by atoms with Gasteiger partial charge in [0.15, 0.2) is 11.5 Å². The van der Waals surface area contributed by atoms with E-state index in [-0.39, 0.29) is 0 Å². The van der Waals surface area contributed by atoms with Gasteiger partial charge in [-0.2, -0.15) is 0 Å². The minimum Gasteiger partial charge on any atom is -0.493 e. The van der Waals surface area contributed by atoms with Crippen molar-refractivity contribution in [2.75, 3.05) is 32.2 Å². The molecule has 0 amide bonds. The number of nitrogens with two attached hydrogens (primary N) is 1. The van der Waals surface area contributed by atoms with E-state index in [9.17, 15) is 0 Å². The van der Waals surface area contributed by atoms with Gasteiger partial charge in [0.2, 0.25) is 0 Å². The molecule has 1 unspecified atom stereocenters. The number of hydrogen-bond acceptors (Lipinski definition) is 4. The van der Waals surface area contributed by atoms with Crippen LogP contribution in [0.3, 0.4) is 0 Å². The molecule has 4 heteroatoms. The van der Waals surface area contributed by atoms with Crippen LogP contribution < -0.4 is 20.1 Å². The molecule has 1 fully saturated rings. The summed E-state index contributed by atoms with van der Waals surface area (Å²) >= 11 is 0. The van der Waals surface area contributed by atoms with Gasteiger partial charge >= 0.3 is 0 Å². The number of anilines is 1. The van der Waals surface area contributed by atoms with Crippen molar-refractivity contribution in [3.8, 4) is 11.5 Å². The Morgan fingerprint density at radius 1 is 1.33 bits per heavy atom. The van der Waals surface area contributed by atoms with E-state index in [1.54, 1.807) is 14.2 Å². The van der Waals surface area contributed by atoms with Crippen LogP contribution in [0, 0.1) is 0 Å². The monoisotopic (exact) mass is 208 g/mol. The molecule has 1 aromatic rings. The Hall–Kier alpha value is -1.42. The van der Waals surface area contributed by atoms with Gasteiger partial charge in [0, 0.05) is 24.8 Å². The lowest BCUT2D eigenvalue weighted by Gasteiger charge is -2.10. The predicted molar refractivity (Wildman–Crippen MR) is 59.7 cm³/mol. The molecule has 15 heavy (non-hydrogen) atoms. The summed E-state index contributed by atoms with van der Waals surface area (Å²) in [5, 5.41) is 0. The highest BCUT2D eigenvalue weighted by molar-refractivity contribution is 5.60. The Balaban J connectivity index is 2.20. The molecule has 0 bridgehead atoms. The molecule has 2 rings (SSSR count). The SMILES string of the molecule is COc1ccc(N2CC2CN)cc1OC. The van der Waals surface area contributed by atoms with Crippen molar-refractivity contribution < 1.29 is 9.47 Å². The molecule has 0 spiro atoms. The Morgan fingerprint density at radius 2 is 2.07 bits per heavy atom. The minimum absolute atomic E-state index is 0.489. The van der Waals surface area contributed by atoms with E-state index in [0.29, 0.717) is 12.6 Å². The molecule has 1 atom stereocenters. The molecule has 4 nitrogen and oxygen atoms in total. The van der Waals surface area contributed by atoms with Crippen molar-refractivity contribution >= 4 is 5.69 Å². The van der Waals surface area contributed by atoms with E-state index in [1.807, 2.05) is 18.2 Å². The number of rotatable bonds is 4. The van der Waals surface area contributed by atoms with Gasteiger partial charge in [-0.05, 0) is 12.1 Å². The first kappa shape index (κ1) is 10.1. The third-order valence-electron chi connectivity index (χ3n) is 2.69. The smallest absolute Gasteiger partial charge is 0.162 e. The Labute approximate surface area is 89.6 Å². The molecular formula is C11H16N2O2. The summed E-state index contributed by atoms with van der Waals surface area (Å²) in [6, 6.07) is 6.41. The van der Waals surface area contributed by atoms with Crippen LogP contribution >= 0.6 is 0 Å². The molecule has 1 aliphatic heterocycles. The second-order valence-corrected chi connectivity index (χ2v) is 3.58. The lowest BCUT2D eigenvalue weighted by atomic mass is 10.2. The maximum atomic E-state index is 5.59. The third kappa shape index (κ3) is 1.85. The summed E-state index contributed by atoms with van der Waals surface area (Å²) in [6.45, 7) is 1.74. The fraction of sp³-hybridized carbons (Fsp3) is 0.455. The molecule has 0 aliphatic carbocycles. The third-order valence-corrected chi connectivity index (χ3v) is 2.69. The number of nitrogens with zero attached hydrogens (tertiary/aromatic N) is 1. The molecule has 0 aromatic heterocycles. The molecule has 1 aromatic carbocycles. The van der Waals surface area contributed by atoms with E-state index in [2.05, 4.69) is 4.90 Å². The first-order valence-corrected chi connectivity index (χ1v) is 4.99. The van der Waals surface area contributed by atoms with E-state index < -0.39 is 0 Å². The van der Waals surface area contributed by atoms with Gasteiger partial charge in [0.05, 0.1) is 20.3 Å². The van der Waals surface area contributed by atoms with Crippen molar-refractivity contribution in [2.45, 2.75) is 6.04 Å². The van der Waals surface area contributed by atoms with E-state index >= 15 is 0 Å². The topological polar surface area (TPSA) is 47.5 Å². The number of hydrogen-bond donors (Lipinski definition) is 1. The highest BCUT2D eigenvalue weighted by Gasteiger charge is 2.32. The quantitative estimate of drug-likeness (QED) is 0.745. The lowest BCUT2D eigenvalue weighted by molar-refractivity contribution is 0.355. The van der Waals surface area contributed by atoms with Crippen LogP contribution in [0.5, 0.6) is 11.5 Å². The van der Waals surface area contributed by atoms with Crippen molar-refractivity contribution in [1.29, 1.82) is 0 Å². The number of benzene rings is 1. The van der Waals surface area contributed by atoms with Crippen molar-refractivity contribution in [1.82, 2.24) is 0 Å². The molecular weight excluding hydrogens is 192 g/mol. The first-order chi connectivity index (χ1) is 7.30. The van der Waals surface area contributed by atoms with Gasteiger partial charge in [0.25, 0.3) is 0 Å². The maximum absolute atomic E-state index is 5.59. The number of ether oxygens (including phenoxy) is 2. The maximum Gasteiger partial charge on any atom is 0.162 e. The predicted octanol–water partition coefficient (Wildman–Crippen LogP) is 0.851. The first-order valence-electron chi connectivity index (χ1n) is 4.99. The lowest BCUT2D eigenvalue weighted by Crippen LogP contribution is -2.11. The van der Waals surface area contributed by atoms with Crippen molar-refractivity contribution in [3.05, 3.63) is 18.2 Å². The highest BCUT2D eigenvalue weighted by atomic mass is 16.5. The van der Waals surface area contributed by atoms with Crippen molar-refractivity contribution in [3.63, 3.8) is 0 Å². The summed E-state index contributed by atoms with van der Waals surface area (Å²) in [7, 11) is 3.28. The largest absolute Gasteiger partial charge is 0.493 e. The van der Waals surface area contributed by atoms with Gasteiger partial charge in [-0.3, -0.25) is 0 Å². The average Bonchev–Trinajstić information content (AvgIpc) is 3.07. The zero-order chi connectivity index (χ0) is 10.8. The van der Waals surface area contributed by atoms with Gasteiger partial charge in [-0.1, -0.05) is 0 Å². The van der Waals surface area contributed by atoms with Crippen LogP contribution in [0.15, 0.2) is 18.2 Å². The van der Waals surface area contributed by atoms with E-state index in [4.69, 9.17) is 15.2 Å². The minimum atomic E-state index is 0.489. The molecule has 1 saturated heterocycles. The summed E-state index contributed by atoms with van der Waals surface area (Å²) < 4.78 is 10.4. The van der Waals surface area contributed by atoms with Gasteiger partial charge < -0.3 is 20.1 Å². The van der Waals surface area contributed by atoms with Crippen molar-refractivity contribution in [2.24, 2.45) is 5.73 Å². The van der Waals surface area contributed by atoms with Gasteiger partial charge in [-0.15, -0.1) is 0 Å². The fourth-order valence-electron chi connectivity index (χ4n) is 1.70. The van der Waals surface area contributed by atoms with Crippen LogP contribution in [-0.2, 0) is 0 Å². The van der Waals surface area contributed by atoms with Gasteiger partial charge in [-0.25, -0.2) is 0 Å². The molecule has 2 N–H and O–H groups in total. The standard InChI is InChI=1S/C11H16N2O2/c1-14-10-4-3-8(5-11(10)15-2)13-7-9(13)6-12/h3-5,9H,6-7,12H2,1-2H3. The molecule has 82 valence electrons. The summed E-state index contributed by atoms with van der Waals surface area (Å²) in [6.07, 6.45) is 0. The van der Waals surface area contributed by atoms with Crippen LogP contribution in [-0.4, -0.2) is 33.4 Å². The van der Waals surface area contributed by atoms with Gasteiger partial charge in [0.1, 0.15) is 0 Å². The Bertz CT molecular complexity index is 354. The second kappa shape index (κ2) is 3.98. The van der Waals surface area contributed by atoms with Crippen LogP contribution in [0.1, 0.15) is 0 Å². The summed E-state index contributed by atoms with van der Waals surface area (Å²) in [4.78, 5) is 2.24. The Morgan fingerprint density at radius 3 is 2.60 bits per heavy atom. The normalized spacial score (nSPS) is 18.9. The zero-order valence-electron chi connectivity index (χ0n) is 9.06. The second-order valence-electron chi connectivity index (χ2n) is 3.58. The average molecular weight is 208 g/mol. The van der Waals surface area contributed by atoms with Crippen LogP contribution in [0.2, 0.25) is 0 Å². The van der Waals surface area contributed by atoms with Crippen LogP contribution in [0.4, 0.5) is 5.69 Å². The van der Waals surface area contributed by atoms with Crippen LogP contribution in [0.25, 0.3) is 0 Å².